The van der Waals surface area contributed by atoms with Crippen LogP contribution >= 0.6 is 8.22 Å². The van der Waals surface area contributed by atoms with Gasteiger partial charge in [-0.3, -0.25) is 0 Å². The molecular weight excluding hydrogens is 263 g/mol. The van der Waals surface area contributed by atoms with Crippen molar-refractivity contribution in [2.24, 2.45) is 0 Å². The van der Waals surface area contributed by atoms with Crippen molar-refractivity contribution in [3.05, 3.63) is 28.8 Å². The zero-order valence-electron chi connectivity index (χ0n) is 14.5. The number of hydrogen-bond donors (Lipinski definition) is 0. The maximum absolute atomic E-state index is 2.63. The second kappa shape index (κ2) is 4.71. The van der Waals surface area contributed by atoms with Gasteiger partial charge in [0.25, 0.3) is 0 Å². The molecule has 1 aliphatic heterocycles. The lowest BCUT2D eigenvalue weighted by Crippen LogP contribution is -2.29. The molecule has 2 atom stereocenters. The number of anilines is 1. The highest BCUT2D eigenvalue weighted by molar-refractivity contribution is 7.65. The quantitative estimate of drug-likeness (QED) is 0.512. The van der Waals surface area contributed by atoms with Gasteiger partial charge in [-0.25, -0.2) is 0 Å². The third-order valence-corrected chi connectivity index (χ3v) is 6.97. The number of aryl methyl sites for hydroxylation is 3. The first kappa shape index (κ1) is 15.8. The first-order chi connectivity index (χ1) is 8.94. The normalized spacial score (nSPS) is 23.1. The first-order valence-corrected chi connectivity index (χ1v) is 8.89. The second-order valence-corrected chi connectivity index (χ2v) is 11.1. The molecule has 1 saturated heterocycles. The Morgan fingerprint density at radius 3 is 1.60 bits per heavy atom. The van der Waals surface area contributed by atoms with Crippen LogP contribution in [-0.4, -0.2) is 15.5 Å². The van der Waals surface area contributed by atoms with Gasteiger partial charge in [-0.2, -0.15) is 0 Å². The van der Waals surface area contributed by atoms with Gasteiger partial charge in [0.15, 0.2) is 0 Å². The van der Waals surface area contributed by atoms with Crippen LogP contribution in [-0.2, 0) is 0 Å². The van der Waals surface area contributed by atoms with Crippen LogP contribution in [0.25, 0.3) is 0 Å². The lowest BCUT2D eigenvalue weighted by Gasteiger charge is -2.16. The van der Waals surface area contributed by atoms with Crippen LogP contribution in [0.3, 0.4) is 0 Å². The summed E-state index contributed by atoms with van der Waals surface area (Å²) in [6.45, 7) is 20.8. The molecule has 1 aromatic carbocycles. The summed E-state index contributed by atoms with van der Waals surface area (Å²) in [5.41, 5.74) is 5.81. The Morgan fingerprint density at radius 1 is 0.850 bits per heavy atom. The molecule has 0 radical (unpaired) electrons. The van der Waals surface area contributed by atoms with E-state index in [1.807, 2.05) is 0 Å². The van der Waals surface area contributed by atoms with Gasteiger partial charge in [-0.15, -0.1) is 4.78 Å². The van der Waals surface area contributed by atoms with E-state index < -0.39 is 8.22 Å². The molecule has 1 aliphatic rings. The van der Waals surface area contributed by atoms with E-state index in [9.17, 15) is 0 Å². The van der Waals surface area contributed by atoms with Crippen molar-refractivity contribution < 1.29 is 0 Å². The summed E-state index contributed by atoms with van der Waals surface area (Å²) in [4.78, 5) is 0. The predicted molar refractivity (Wildman–Crippen MR) is 92.8 cm³/mol. The average Bonchev–Trinajstić information content (AvgIpc) is 2.89. The van der Waals surface area contributed by atoms with Crippen molar-refractivity contribution in [3.63, 3.8) is 0 Å². The van der Waals surface area contributed by atoms with E-state index in [0.29, 0.717) is 5.16 Å². The maximum Gasteiger partial charge on any atom is 0.215 e. The monoisotopic (exact) mass is 293 g/mol. The molecule has 20 heavy (non-hydrogen) atoms. The summed E-state index contributed by atoms with van der Waals surface area (Å²) in [6.07, 6.45) is 0. The molecule has 0 amide bonds. The Balaban J connectivity index is 2.48. The summed E-state index contributed by atoms with van der Waals surface area (Å²) in [7, 11) is -0.677. The van der Waals surface area contributed by atoms with Crippen LogP contribution in [0.15, 0.2) is 12.1 Å². The molecule has 0 aromatic heterocycles. The Bertz CT molecular complexity index is 480. The fourth-order valence-electron chi connectivity index (χ4n) is 3.11. The van der Waals surface area contributed by atoms with Crippen LogP contribution < -0.4 is 4.78 Å². The molecule has 1 fully saturated rings. The lowest BCUT2D eigenvalue weighted by molar-refractivity contribution is 0.336. The number of nitrogens with zero attached hydrogens (tertiary/aromatic N) is 2. The van der Waals surface area contributed by atoms with Gasteiger partial charge < -0.3 is 0 Å². The molecule has 0 spiro atoms. The van der Waals surface area contributed by atoms with Crippen LogP contribution in [0.5, 0.6) is 0 Å². The van der Waals surface area contributed by atoms with Crippen LogP contribution in [0.4, 0.5) is 5.69 Å². The summed E-state index contributed by atoms with van der Waals surface area (Å²) >= 11 is 0. The Hall–Kier alpha value is -0.590. The van der Waals surface area contributed by atoms with Crippen LogP contribution in [0.2, 0.25) is 0 Å². The molecule has 2 rings (SSSR count). The zero-order valence-corrected chi connectivity index (χ0v) is 15.5. The summed E-state index contributed by atoms with van der Waals surface area (Å²) in [5, 5.41) is 0.349. The Kier molecular flexibility index (Phi) is 3.72. The van der Waals surface area contributed by atoms with E-state index in [0.717, 1.165) is 0 Å². The topological polar surface area (TPSA) is 6.02 Å². The van der Waals surface area contributed by atoms with E-state index in [1.54, 1.807) is 0 Å². The highest BCUT2D eigenvalue weighted by atomic mass is 31.2. The zero-order chi connectivity index (χ0) is 15.5. The van der Waals surface area contributed by atoms with Gasteiger partial charge in [-0.1, -0.05) is 17.7 Å². The molecule has 112 valence electrons. The molecular formula is C17H30N2P+. The van der Waals surface area contributed by atoms with Crippen LogP contribution in [0, 0.1) is 20.8 Å². The minimum atomic E-state index is -0.677. The first-order valence-electron chi connectivity index (χ1n) is 7.50. The molecule has 1 aromatic rings. The second-order valence-electron chi connectivity index (χ2n) is 8.12. The molecule has 0 aliphatic carbocycles. The molecule has 1 heterocycles. The van der Waals surface area contributed by atoms with E-state index in [4.69, 9.17) is 0 Å². The molecule has 2 unspecified atom stereocenters. The Morgan fingerprint density at radius 2 is 1.30 bits per heavy atom. The number of hydrazine groups is 1. The molecule has 0 saturated carbocycles. The van der Waals surface area contributed by atoms with Gasteiger partial charge >= 0.3 is 0 Å². The molecule has 0 bridgehead atoms. The van der Waals surface area contributed by atoms with Crippen molar-refractivity contribution in [1.82, 2.24) is 4.78 Å². The van der Waals surface area contributed by atoms with E-state index in [1.165, 1.54) is 22.4 Å². The molecule has 0 N–H and O–H groups in total. The van der Waals surface area contributed by atoms with Crippen molar-refractivity contribution in [2.45, 2.75) is 73.0 Å². The summed E-state index contributed by atoms with van der Waals surface area (Å²) in [5.74, 6) is 0. The van der Waals surface area contributed by atoms with Crippen molar-refractivity contribution in [3.8, 4) is 0 Å². The van der Waals surface area contributed by atoms with Crippen LogP contribution in [0.1, 0.15) is 58.2 Å². The van der Waals surface area contributed by atoms with E-state index in [2.05, 4.69) is 84.0 Å². The summed E-state index contributed by atoms with van der Waals surface area (Å²) < 4.78 is 5.23. The van der Waals surface area contributed by atoms with Gasteiger partial charge in [-0.05, 0) is 78.2 Å². The standard InChI is InChI=1S/C17H29N2P/c1-12-10-13(2)15(14(3)11-12)18-19(16(4,5)6)20(18)17(7,8)9/h10-11H,1-9H3/p+1. The van der Waals surface area contributed by atoms with Gasteiger partial charge in [0.2, 0.25) is 8.22 Å². The minimum absolute atomic E-state index is 0.200. The highest BCUT2D eigenvalue weighted by Gasteiger charge is 2.67. The smallest absolute Gasteiger partial charge is 0.129 e. The number of benzene rings is 1. The van der Waals surface area contributed by atoms with Crippen molar-refractivity contribution >= 4 is 13.9 Å². The fourth-order valence-corrected chi connectivity index (χ4v) is 6.42. The van der Waals surface area contributed by atoms with Gasteiger partial charge in [0.1, 0.15) is 10.8 Å². The third kappa shape index (κ3) is 2.73. The highest BCUT2D eigenvalue weighted by Crippen LogP contribution is 2.74. The fraction of sp³-hybridized carbons (Fsp3) is 0.647. The molecule has 3 heteroatoms. The predicted octanol–water partition coefficient (Wildman–Crippen LogP) is 5.29. The van der Waals surface area contributed by atoms with Gasteiger partial charge in [0, 0.05) is 0 Å². The number of rotatable bonds is 1. The third-order valence-electron chi connectivity index (χ3n) is 3.72. The summed E-state index contributed by atoms with van der Waals surface area (Å²) in [6, 6.07) is 4.62. The maximum atomic E-state index is 2.63. The Labute approximate surface area is 126 Å². The van der Waals surface area contributed by atoms with E-state index >= 15 is 0 Å². The van der Waals surface area contributed by atoms with E-state index in [-0.39, 0.29) is 5.54 Å². The molecule has 2 nitrogen and oxygen atoms in total. The largest absolute Gasteiger partial charge is 0.215 e. The lowest BCUT2D eigenvalue weighted by atomic mass is 10.1. The number of hydrogen-bond acceptors (Lipinski definition) is 2. The minimum Gasteiger partial charge on any atom is -0.129 e. The SMILES string of the molecule is Cc1cc(C)c(N2N(C(C)(C)C)[PH+]2C(C)(C)C)c(C)c1. The van der Waals surface area contributed by atoms with Crippen molar-refractivity contribution in [1.29, 1.82) is 0 Å². The van der Waals surface area contributed by atoms with Gasteiger partial charge in [0.05, 0.1) is 5.54 Å². The average molecular weight is 293 g/mol. The van der Waals surface area contributed by atoms with Crippen molar-refractivity contribution in [2.75, 3.05) is 4.78 Å².